The van der Waals surface area contributed by atoms with Gasteiger partial charge in [0.2, 0.25) is 11.8 Å². The second kappa shape index (κ2) is 14.7. The molecule has 6 heteroatoms. The highest BCUT2D eigenvalue weighted by atomic mass is 16.1. The van der Waals surface area contributed by atoms with Gasteiger partial charge >= 0.3 is 0 Å². The van der Waals surface area contributed by atoms with E-state index in [1.807, 2.05) is 24.3 Å². The number of amides is 2. The van der Waals surface area contributed by atoms with Gasteiger partial charge in [0.25, 0.3) is 0 Å². The van der Waals surface area contributed by atoms with E-state index >= 15 is 0 Å². The first kappa shape index (κ1) is 22.1. The summed E-state index contributed by atoms with van der Waals surface area (Å²) in [6.07, 6.45) is 7.02. The third-order valence-electron chi connectivity index (χ3n) is 3.56. The van der Waals surface area contributed by atoms with Crippen molar-refractivity contribution in [3.05, 3.63) is 35.4 Å². The van der Waals surface area contributed by atoms with E-state index in [9.17, 15) is 9.59 Å². The molecule has 1 aromatic rings. The van der Waals surface area contributed by atoms with Gasteiger partial charge in [-0.3, -0.25) is 9.59 Å². The lowest BCUT2D eigenvalue weighted by Gasteiger charge is -1.99. The van der Waals surface area contributed by atoms with Crippen LogP contribution in [0.5, 0.6) is 0 Å². The van der Waals surface area contributed by atoms with Crippen LogP contribution in [0.4, 0.5) is 0 Å². The standard InChI is InChI=1S/C10H20N2O2.C8H12N2/c11-9(13)7-5-3-1-2-4-6-8-10(12)14;9-5-7-2-1-3-8(4-7)6-10/h1-8H2,(H2,11,13)(H2,12,14);1-4H,5-6,9-10H2. The first-order valence-corrected chi connectivity index (χ1v) is 8.54. The van der Waals surface area contributed by atoms with Gasteiger partial charge in [0.1, 0.15) is 0 Å². The van der Waals surface area contributed by atoms with Crippen molar-refractivity contribution in [3.63, 3.8) is 0 Å². The molecule has 24 heavy (non-hydrogen) atoms. The van der Waals surface area contributed by atoms with E-state index in [1.165, 1.54) is 0 Å². The van der Waals surface area contributed by atoms with Crippen LogP contribution >= 0.6 is 0 Å². The highest BCUT2D eigenvalue weighted by Crippen LogP contribution is 2.08. The molecular weight excluding hydrogens is 304 g/mol. The molecule has 0 aliphatic heterocycles. The predicted octanol–water partition coefficient (Wildman–Crippen LogP) is 1.68. The van der Waals surface area contributed by atoms with E-state index in [2.05, 4.69) is 0 Å². The summed E-state index contributed by atoms with van der Waals surface area (Å²) in [4.78, 5) is 20.8. The molecule has 1 aromatic carbocycles. The summed E-state index contributed by atoms with van der Waals surface area (Å²) in [6, 6.07) is 8.00. The molecular formula is C18H32N4O2. The number of primary amides is 2. The molecule has 0 saturated heterocycles. The normalized spacial score (nSPS) is 9.92. The minimum atomic E-state index is -0.223. The van der Waals surface area contributed by atoms with Crippen LogP contribution in [0.3, 0.4) is 0 Å². The predicted molar refractivity (Wildman–Crippen MR) is 97.5 cm³/mol. The van der Waals surface area contributed by atoms with E-state index < -0.39 is 0 Å². The molecule has 0 saturated carbocycles. The minimum Gasteiger partial charge on any atom is -0.370 e. The molecule has 0 radical (unpaired) electrons. The van der Waals surface area contributed by atoms with Gasteiger partial charge in [-0.2, -0.15) is 0 Å². The summed E-state index contributed by atoms with van der Waals surface area (Å²) < 4.78 is 0. The lowest BCUT2D eigenvalue weighted by atomic mass is 10.1. The number of nitrogens with two attached hydrogens (primary N) is 4. The summed E-state index contributed by atoms with van der Waals surface area (Å²) in [5.74, 6) is -0.447. The van der Waals surface area contributed by atoms with Crippen LogP contribution in [0.1, 0.15) is 62.5 Å². The highest BCUT2D eigenvalue weighted by molar-refractivity contribution is 5.73. The lowest BCUT2D eigenvalue weighted by Crippen LogP contribution is -2.09. The fourth-order valence-electron chi connectivity index (χ4n) is 2.19. The first-order valence-electron chi connectivity index (χ1n) is 8.54. The van der Waals surface area contributed by atoms with Gasteiger partial charge in [0.05, 0.1) is 0 Å². The number of carbonyl (C=O) groups excluding carboxylic acids is 2. The third kappa shape index (κ3) is 13.7. The number of rotatable bonds is 11. The summed E-state index contributed by atoms with van der Waals surface area (Å²) in [5, 5.41) is 0. The molecule has 0 aromatic heterocycles. The fraction of sp³-hybridized carbons (Fsp3) is 0.556. The topological polar surface area (TPSA) is 138 Å². The third-order valence-corrected chi connectivity index (χ3v) is 3.56. The van der Waals surface area contributed by atoms with E-state index in [0.29, 0.717) is 25.9 Å². The van der Waals surface area contributed by atoms with Crippen LogP contribution in [-0.4, -0.2) is 11.8 Å². The molecule has 136 valence electrons. The Balaban J connectivity index is 0.000000463. The van der Waals surface area contributed by atoms with E-state index in [4.69, 9.17) is 22.9 Å². The zero-order valence-electron chi connectivity index (χ0n) is 14.5. The van der Waals surface area contributed by atoms with Gasteiger partial charge in [-0.05, 0) is 24.0 Å². The summed E-state index contributed by atoms with van der Waals surface area (Å²) in [5.41, 5.74) is 23.1. The molecule has 0 unspecified atom stereocenters. The van der Waals surface area contributed by atoms with E-state index in [-0.39, 0.29) is 11.8 Å². The van der Waals surface area contributed by atoms with Crippen molar-refractivity contribution in [3.8, 4) is 0 Å². The van der Waals surface area contributed by atoms with Gasteiger partial charge in [-0.25, -0.2) is 0 Å². The first-order chi connectivity index (χ1) is 11.5. The maximum atomic E-state index is 10.4. The summed E-state index contributed by atoms with van der Waals surface area (Å²) >= 11 is 0. The van der Waals surface area contributed by atoms with Crippen LogP contribution in [0, 0.1) is 0 Å². The molecule has 8 N–H and O–H groups in total. The molecule has 0 atom stereocenters. The van der Waals surface area contributed by atoms with Crippen molar-refractivity contribution >= 4 is 11.8 Å². The zero-order chi connectivity index (χ0) is 18.2. The molecule has 0 bridgehead atoms. The number of benzene rings is 1. The van der Waals surface area contributed by atoms with Crippen LogP contribution in [0.2, 0.25) is 0 Å². The number of unbranched alkanes of at least 4 members (excludes halogenated alkanes) is 5. The monoisotopic (exact) mass is 336 g/mol. The SMILES string of the molecule is NC(=O)CCCCCCCCC(N)=O.NCc1cccc(CN)c1. The molecule has 6 nitrogen and oxygen atoms in total. The average molecular weight is 336 g/mol. The Bertz CT molecular complexity index is 439. The van der Waals surface area contributed by atoms with Gasteiger partial charge in [0.15, 0.2) is 0 Å². The smallest absolute Gasteiger partial charge is 0.217 e. The minimum absolute atomic E-state index is 0.223. The Kier molecular flexibility index (Phi) is 13.5. The number of hydrogen-bond acceptors (Lipinski definition) is 4. The maximum Gasteiger partial charge on any atom is 0.217 e. The zero-order valence-corrected chi connectivity index (χ0v) is 14.5. The number of carbonyl (C=O) groups is 2. The van der Waals surface area contributed by atoms with Crippen molar-refractivity contribution in [2.24, 2.45) is 22.9 Å². The second-order valence-electron chi connectivity index (χ2n) is 5.78. The Morgan fingerprint density at radius 1 is 0.708 bits per heavy atom. The molecule has 2 amide bonds. The summed E-state index contributed by atoms with van der Waals surface area (Å²) in [7, 11) is 0. The van der Waals surface area contributed by atoms with Crippen molar-refractivity contribution in [2.75, 3.05) is 0 Å². The summed E-state index contributed by atoms with van der Waals surface area (Å²) in [6.45, 7) is 1.18. The highest BCUT2D eigenvalue weighted by Gasteiger charge is 1.96. The Hall–Kier alpha value is -1.92. The van der Waals surface area contributed by atoms with Gasteiger partial charge in [0, 0.05) is 25.9 Å². The van der Waals surface area contributed by atoms with Crippen LogP contribution in [0.25, 0.3) is 0 Å². The molecule has 0 fully saturated rings. The van der Waals surface area contributed by atoms with Crippen LogP contribution in [0.15, 0.2) is 24.3 Å². The van der Waals surface area contributed by atoms with Crippen LogP contribution in [-0.2, 0) is 22.7 Å². The van der Waals surface area contributed by atoms with Crippen molar-refractivity contribution < 1.29 is 9.59 Å². The van der Waals surface area contributed by atoms with E-state index in [1.54, 1.807) is 0 Å². The van der Waals surface area contributed by atoms with Gasteiger partial charge < -0.3 is 22.9 Å². The van der Waals surface area contributed by atoms with Gasteiger partial charge in [-0.15, -0.1) is 0 Å². The average Bonchev–Trinajstić information content (AvgIpc) is 2.57. The Labute approximate surface area is 144 Å². The molecule has 0 heterocycles. The van der Waals surface area contributed by atoms with Crippen molar-refractivity contribution in [2.45, 2.75) is 64.5 Å². The Morgan fingerprint density at radius 3 is 1.42 bits per heavy atom. The fourth-order valence-corrected chi connectivity index (χ4v) is 2.19. The maximum absolute atomic E-state index is 10.4. The molecule has 1 rings (SSSR count). The quantitative estimate of drug-likeness (QED) is 0.457. The van der Waals surface area contributed by atoms with Crippen molar-refractivity contribution in [1.29, 1.82) is 0 Å². The lowest BCUT2D eigenvalue weighted by molar-refractivity contribution is -0.119. The van der Waals surface area contributed by atoms with E-state index in [0.717, 1.165) is 49.7 Å². The largest absolute Gasteiger partial charge is 0.370 e. The van der Waals surface area contributed by atoms with Crippen molar-refractivity contribution in [1.82, 2.24) is 0 Å². The molecule has 0 aliphatic carbocycles. The number of hydrogen-bond donors (Lipinski definition) is 4. The Morgan fingerprint density at radius 2 is 1.08 bits per heavy atom. The molecule has 0 aliphatic rings. The van der Waals surface area contributed by atoms with Gasteiger partial charge in [-0.1, -0.05) is 49.9 Å². The second-order valence-corrected chi connectivity index (χ2v) is 5.78. The molecule has 0 spiro atoms. The van der Waals surface area contributed by atoms with Crippen LogP contribution < -0.4 is 22.9 Å².